The molecule has 0 amide bonds. The predicted molar refractivity (Wildman–Crippen MR) is 126 cm³/mol. The number of ether oxygens (including phenoxy) is 1. The molecule has 0 saturated heterocycles. The largest absolute Gasteiger partial charge is 0.497 e. The first-order valence-electron chi connectivity index (χ1n) is 10.4. The first kappa shape index (κ1) is 21.5. The number of anilines is 4. The molecule has 1 saturated carbocycles. The molecule has 1 aliphatic rings. The monoisotopic (exact) mass is 434 g/mol. The Labute approximate surface area is 186 Å². The average Bonchev–Trinajstić information content (AvgIpc) is 3.43. The zero-order valence-corrected chi connectivity index (χ0v) is 17.2. The Bertz CT molecular complexity index is 1180. The van der Waals surface area contributed by atoms with E-state index in [9.17, 15) is 4.39 Å². The molecule has 2 heterocycles. The predicted octanol–water partition coefficient (Wildman–Crippen LogP) is 6.21. The van der Waals surface area contributed by atoms with Crippen LogP contribution in [-0.4, -0.2) is 26.6 Å². The molecule has 1 fully saturated rings. The summed E-state index contributed by atoms with van der Waals surface area (Å²) < 4.78 is 20.7. The highest BCUT2D eigenvalue weighted by Crippen LogP contribution is 2.36. The second kappa shape index (κ2) is 9.21. The minimum atomic E-state index is -0.269. The topological polar surface area (TPSA) is 76.9 Å². The van der Waals surface area contributed by atoms with Gasteiger partial charge in [-0.15, -0.1) is 0 Å². The molecule has 1 aliphatic carbocycles. The van der Waals surface area contributed by atoms with Gasteiger partial charge in [0.1, 0.15) is 17.1 Å². The summed E-state index contributed by atoms with van der Waals surface area (Å²) >= 11 is 0. The van der Waals surface area contributed by atoms with Gasteiger partial charge < -0.3 is 15.4 Å². The SMILES string of the molecule is C.COc1ccc(Nc2ncc3nc(Nc4ccc(F)cc4)n(C4CCCC4)c3n2)cc1. The number of aromatic nitrogens is 4. The lowest BCUT2D eigenvalue weighted by Gasteiger charge is -2.16. The van der Waals surface area contributed by atoms with E-state index in [4.69, 9.17) is 14.7 Å². The third-order valence-corrected chi connectivity index (χ3v) is 5.57. The fourth-order valence-corrected chi connectivity index (χ4v) is 4.01. The third-order valence-electron chi connectivity index (χ3n) is 5.57. The van der Waals surface area contributed by atoms with Gasteiger partial charge in [0.25, 0.3) is 0 Å². The number of halogens is 1. The molecule has 7 nitrogen and oxygen atoms in total. The summed E-state index contributed by atoms with van der Waals surface area (Å²) in [5, 5.41) is 6.58. The van der Waals surface area contributed by atoms with Crippen LogP contribution >= 0.6 is 0 Å². The lowest BCUT2D eigenvalue weighted by molar-refractivity contribution is 0.415. The molecule has 0 radical (unpaired) electrons. The summed E-state index contributed by atoms with van der Waals surface area (Å²) in [5.41, 5.74) is 3.15. The summed E-state index contributed by atoms with van der Waals surface area (Å²) in [5.74, 6) is 1.72. The Morgan fingerprint density at radius 3 is 2.28 bits per heavy atom. The Balaban J connectivity index is 0.00000245. The van der Waals surface area contributed by atoms with Crippen LogP contribution in [-0.2, 0) is 0 Å². The van der Waals surface area contributed by atoms with Crippen molar-refractivity contribution in [1.29, 1.82) is 0 Å². The van der Waals surface area contributed by atoms with Gasteiger partial charge in [0.15, 0.2) is 5.65 Å². The molecule has 166 valence electrons. The van der Waals surface area contributed by atoms with E-state index in [1.165, 1.54) is 25.0 Å². The van der Waals surface area contributed by atoms with E-state index in [1.54, 1.807) is 25.4 Å². The van der Waals surface area contributed by atoms with Gasteiger partial charge in [-0.3, -0.25) is 4.57 Å². The van der Waals surface area contributed by atoms with Crippen LogP contribution < -0.4 is 15.4 Å². The summed E-state index contributed by atoms with van der Waals surface area (Å²) in [4.78, 5) is 14.0. The van der Waals surface area contributed by atoms with Crippen LogP contribution in [0.1, 0.15) is 39.2 Å². The smallest absolute Gasteiger partial charge is 0.229 e. The fraction of sp³-hybridized carbons (Fsp3) is 0.292. The van der Waals surface area contributed by atoms with Crippen molar-refractivity contribution in [3.8, 4) is 5.75 Å². The number of methoxy groups -OCH3 is 1. The molecule has 8 heteroatoms. The van der Waals surface area contributed by atoms with Gasteiger partial charge in [-0.1, -0.05) is 20.3 Å². The number of benzene rings is 2. The molecular formula is C24H27FN6O. The van der Waals surface area contributed by atoms with Gasteiger partial charge in [0, 0.05) is 17.4 Å². The normalized spacial score (nSPS) is 13.7. The van der Waals surface area contributed by atoms with Crippen molar-refractivity contribution in [2.75, 3.05) is 17.7 Å². The Kier molecular flexibility index (Phi) is 6.20. The van der Waals surface area contributed by atoms with Crippen molar-refractivity contribution < 1.29 is 9.13 Å². The summed E-state index contributed by atoms with van der Waals surface area (Å²) in [7, 11) is 1.64. The first-order chi connectivity index (χ1) is 15.2. The van der Waals surface area contributed by atoms with Crippen LogP contribution in [0, 0.1) is 5.82 Å². The molecule has 5 rings (SSSR count). The van der Waals surface area contributed by atoms with Crippen molar-refractivity contribution in [2.24, 2.45) is 0 Å². The molecule has 0 spiro atoms. The van der Waals surface area contributed by atoms with Gasteiger partial charge in [0.2, 0.25) is 11.9 Å². The van der Waals surface area contributed by atoms with Crippen molar-refractivity contribution in [2.45, 2.75) is 39.2 Å². The van der Waals surface area contributed by atoms with E-state index in [0.29, 0.717) is 17.9 Å². The number of hydrogen-bond acceptors (Lipinski definition) is 6. The molecule has 0 bridgehead atoms. The molecule has 2 aromatic heterocycles. The number of nitrogens with zero attached hydrogens (tertiary/aromatic N) is 4. The highest BCUT2D eigenvalue weighted by atomic mass is 19.1. The second-order valence-corrected chi connectivity index (χ2v) is 7.63. The Morgan fingerprint density at radius 1 is 0.938 bits per heavy atom. The number of rotatable bonds is 6. The van der Waals surface area contributed by atoms with Gasteiger partial charge in [-0.2, -0.15) is 4.98 Å². The van der Waals surface area contributed by atoms with Crippen LogP contribution in [0.25, 0.3) is 11.2 Å². The number of hydrogen-bond donors (Lipinski definition) is 2. The van der Waals surface area contributed by atoms with Crippen LogP contribution in [0.3, 0.4) is 0 Å². The van der Waals surface area contributed by atoms with E-state index < -0.39 is 0 Å². The standard InChI is InChI=1S/C23H23FN6O.CH4/c1-31-19-12-10-16(11-13-19)26-22-25-14-20-21(29-22)30(18-4-2-3-5-18)23(28-20)27-17-8-6-15(24)7-9-17;/h6-14,18H,2-5H2,1H3,(H,27,28)(H,25,26,29);1H4. The maximum absolute atomic E-state index is 13.3. The highest BCUT2D eigenvalue weighted by molar-refractivity contribution is 5.77. The molecule has 4 aromatic rings. The maximum Gasteiger partial charge on any atom is 0.229 e. The molecule has 0 aliphatic heterocycles. The number of nitrogens with one attached hydrogen (secondary N) is 2. The molecular weight excluding hydrogens is 407 g/mol. The van der Waals surface area contributed by atoms with E-state index in [1.807, 2.05) is 24.3 Å². The Hall–Kier alpha value is -3.68. The van der Waals surface area contributed by atoms with E-state index in [-0.39, 0.29) is 13.2 Å². The molecule has 0 unspecified atom stereocenters. The molecule has 32 heavy (non-hydrogen) atoms. The maximum atomic E-state index is 13.3. The van der Waals surface area contributed by atoms with Gasteiger partial charge in [0.05, 0.1) is 13.3 Å². The lowest BCUT2D eigenvalue weighted by Crippen LogP contribution is -2.10. The van der Waals surface area contributed by atoms with Crippen molar-refractivity contribution in [3.05, 3.63) is 60.5 Å². The van der Waals surface area contributed by atoms with Crippen LogP contribution in [0.5, 0.6) is 5.75 Å². The summed E-state index contributed by atoms with van der Waals surface area (Å²) in [6, 6.07) is 14.2. The van der Waals surface area contributed by atoms with Crippen molar-refractivity contribution >= 4 is 34.4 Å². The summed E-state index contributed by atoms with van der Waals surface area (Å²) in [6.07, 6.45) is 6.25. The lowest BCUT2D eigenvalue weighted by atomic mass is 10.2. The zero-order valence-electron chi connectivity index (χ0n) is 17.2. The van der Waals surface area contributed by atoms with Gasteiger partial charge >= 0.3 is 0 Å². The van der Waals surface area contributed by atoms with E-state index in [0.717, 1.165) is 41.1 Å². The van der Waals surface area contributed by atoms with Crippen LogP contribution in [0.15, 0.2) is 54.7 Å². The van der Waals surface area contributed by atoms with Crippen molar-refractivity contribution in [1.82, 2.24) is 19.5 Å². The van der Waals surface area contributed by atoms with Gasteiger partial charge in [-0.25, -0.2) is 14.4 Å². The zero-order chi connectivity index (χ0) is 21.2. The number of fused-ring (bicyclic) bond motifs is 1. The third kappa shape index (κ3) is 4.34. The highest BCUT2D eigenvalue weighted by Gasteiger charge is 2.24. The minimum absolute atomic E-state index is 0. The van der Waals surface area contributed by atoms with E-state index in [2.05, 4.69) is 20.2 Å². The van der Waals surface area contributed by atoms with Crippen LogP contribution in [0.4, 0.5) is 27.7 Å². The average molecular weight is 435 g/mol. The van der Waals surface area contributed by atoms with E-state index >= 15 is 0 Å². The minimum Gasteiger partial charge on any atom is -0.497 e. The summed E-state index contributed by atoms with van der Waals surface area (Å²) in [6.45, 7) is 0. The number of imidazole rings is 1. The van der Waals surface area contributed by atoms with Crippen molar-refractivity contribution in [3.63, 3.8) is 0 Å². The van der Waals surface area contributed by atoms with Crippen LogP contribution in [0.2, 0.25) is 0 Å². The van der Waals surface area contributed by atoms with Gasteiger partial charge in [-0.05, 0) is 61.4 Å². The Morgan fingerprint density at radius 2 is 1.59 bits per heavy atom. The molecule has 2 N–H and O–H groups in total. The first-order valence-corrected chi connectivity index (χ1v) is 10.4. The fourth-order valence-electron chi connectivity index (χ4n) is 4.01. The molecule has 2 aromatic carbocycles. The molecule has 0 atom stereocenters. The quantitative estimate of drug-likeness (QED) is 0.376. The second-order valence-electron chi connectivity index (χ2n) is 7.63.